The van der Waals surface area contributed by atoms with Crippen molar-refractivity contribution in [1.82, 2.24) is 0 Å². The Balaban J connectivity index is 1.56. The van der Waals surface area contributed by atoms with E-state index in [0.29, 0.717) is 51.0 Å². The van der Waals surface area contributed by atoms with Gasteiger partial charge >= 0.3 is 0 Å². The van der Waals surface area contributed by atoms with Crippen LogP contribution in [0.2, 0.25) is 0 Å². The maximum Gasteiger partial charge on any atom is 0.231 e. The van der Waals surface area contributed by atoms with Crippen molar-refractivity contribution in [2.24, 2.45) is 0 Å². The number of halogens is 1. The number of fused-ring (bicyclic) bond motifs is 1. The van der Waals surface area contributed by atoms with Crippen LogP contribution in [0.25, 0.3) is 6.08 Å². The highest BCUT2D eigenvalue weighted by Gasteiger charge is 2.30. The van der Waals surface area contributed by atoms with Gasteiger partial charge in [0.25, 0.3) is 0 Å². The predicted octanol–water partition coefficient (Wildman–Crippen LogP) is 5.66. The Morgan fingerprint density at radius 3 is 2.20 bits per heavy atom. The van der Waals surface area contributed by atoms with E-state index in [1.54, 1.807) is 61.5 Å². The van der Waals surface area contributed by atoms with Gasteiger partial charge in [0.05, 0.1) is 26.9 Å². The van der Waals surface area contributed by atoms with Crippen molar-refractivity contribution >= 4 is 33.6 Å². The molecular weight excluding hydrogens is 516 g/mol. The maximum absolute atomic E-state index is 13.0. The lowest BCUT2D eigenvalue weighted by Crippen LogP contribution is -2.12. The van der Waals surface area contributed by atoms with Crippen molar-refractivity contribution in [2.75, 3.05) is 27.9 Å². The lowest BCUT2D eigenvalue weighted by atomic mass is 10.1. The van der Waals surface area contributed by atoms with E-state index in [4.69, 9.17) is 23.7 Å². The molecule has 7 nitrogen and oxygen atoms in total. The zero-order chi connectivity index (χ0) is 25.1. The second-order valence-electron chi connectivity index (χ2n) is 7.68. The fourth-order valence-corrected chi connectivity index (χ4v) is 3.99. The van der Waals surface area contributed by atoms with Gasteiger partial charge in [-0.15, -0.1) is 0 Å². The van der Waals surface area contributed by atoms with Crippen LogP contribution in [0.3, 0.4) is 0 Å². The van der Waals surface area contributed by atoms with E-state index in [1.807, 2.05) is 0 Å². The average molecular weight is 539 g/mol. The molecule has 0 bridgehead atoms. The molecule has 180 valence electrons. The normalized spacial score (nSPS) is 13.3. The van der Waals surface area contributed by atoms with Crippen LogP contribution >= 0.6 is 15.9 Å². The van der Waals surface area contributed by atoms with Crippen LogP contribution in [-0.2, 0) is 0 Å². The Hall–Kier alpha value is -3.78. The molecule has 1 aliphatic heterocycles. The summed E-state index contributed by atoms with van der Waals surface area (Å²) in [5, 5.41) is 0. The molecule has 0 aliphatic carbocycles. The minimum Gasteiger partial charge on any atom is -0.493 e. The monoisotopic (exact) mass is 538 g/mol. The Kier molecular flexibility index (Phi) is 7.12. The van der Waals surface area contributed by atoms with Gasteiger partial charge in [-0.2, -0.15) is 0 Å². The van der Waals surface area contributed by atoms with Gasteiger partial charge < -0.3 is 23.7 Å². The summed E-state index contributed by atoms with van der Waals surface area (Å²) < 4.78 is 28.7. The van der Waals surface area contributed by atoms with Crippen LogP contribution in [0.4, 0.5) is 0 Å². The van der Waals surface area contributed by atoms with Gasteiger partial charge in [-0.25, -0.2) is 0 Å². The first kappa shape index (κ1) is 24.3. The van der Waals surface area contributed by atoms with Crippen LogP contribution in [0.5, 0.6) is 28.7 Å². The molecular formula is C27H23BrO7. The van der Waals surface area contributed by atoms with Crippen LogP contribution in [0.1, 0.15) is 31.8 Å². The molecule has 0 fully saturated rings. The number of ether oxygens (including phenoxy) is 5. The summed E-state index contributed by atoms with van der Waals surface area (Å²) in [6, 6.07) is 13.8. The van der Waals surface area contributed by atoms with Gasteiger partial charge in [0.2, 0.25) is 11.5 Å². The van der Waals surface area contributed by atoms with E-state index in [0.717, 1.165) is 4.47 Å². The van der Waals surface area contributed by atoms with Crippen molar-refractivity contribution in [3.05, 3.63) is 81.0 Å². The van der Waals surface area contributed by atoms with Crippen molar-refractivity contribution in [2.45, 2.75) is 6.92 Å². The van der Waals surface area contributed by atoms with Crippen LogP contribution < -0.4 is 23.7 Å². The maximum atomic E-state index is 13.0. The van der Waals surface area contributed by atoms with Crippen molar-refractivity contribution in [3.8, 4) is 28.7 Å². The number of ketones is 2. The number of methoxy groups -OCH3 is 3. The number of carbonyl (C=O) groups is 2. The summed E-state index contributed by atoms with van der Waals surface area (Å²) in [5.41, 5.74) is 2.25. The first-order valence-corrected chi connectivity index (χ1v) is 11.4. The van der Waals surface area contributed by atoms with E-state index in [9.17, 15) is 9.59 Å². The lowest BCUT2D eigenvalue weighted by molar-refractivity contribution is 0.0920. The Labute approximate surface area is 211 Å². The number of rotatable bonds is 8. The minimum atomic E-state index is -0.255. The van der Waals surface area contributed by atoms with Gasteiger partial charge in [-0.1, -0.05) is 28.1 Å². The highest BCUT2D eigenvalue weighted by molar-refractivity contribution is 9.10. The molecule has 4 rings (SSSR count). The fraction of sp³-hybridized carbons (Fsp3) is 0.185. The van der Waals surface area contributed by atoms with Crippen LogP contribution in [0.15, 0.2) is 58.8 Å². The summed E-state index contributed by atoms with van der Waals surface area (Å²) in [4.78, 5) is 25.5. The molecule has 0 saturated heterocycles. The number of hydrogen-bond acceptors (Lipinski definition) is 7. The smallest absolute Gasteiger partial charge is 0.231 e. The second kappa shape index (κ2) is 10.2. The Bertz CT molecular complexity index is 1300. The molecule has 0 N–H and O–H groups in total. The first-order valence-electron chi connectivity index (χ1n) is 10.7. The average Bonchev–Trinajstić information content (AvgIpc) is 3.18. The van der Waals surface area contributed by atoms with Gasteiger partial charge in [-0.3, -0.25) is 9.59 Å². The Morgan fingerprint density at radius 1 is 0.943 bits per heavy atom. The number of Topliss-reactive ketones (excluding diaryl/α,β-unsaturated/α-hetero) is 2. The molecule has 3 aromatic carbocycles. The molecule has 0 unspecified atom stereocenters. The molecule has 0 saturated carbocycles. The van der Waals surface area contributed by atoms with Gasteiger partial charge in [0.1, 0.15) is 11.5 Å². The lowest BCUT2D eigenvalue weighted by Gasteiger charge is -2.13. The highest BCUT2D eigenvalue weighted by atomic mass is 79.9. The first-order chi connectivity index (χ1) is 16.9. The largest absolute Gasteiger partial charge is 0.493 e. The zero-order valence-electron chi connectivity index (χ0n) is 19.6. The molecule has 0 aromatic heterocycles. The quantitative estimate of drug-likeness (QED) is 0.270. The summed E-state index contributed by atoms with van der Waals surface area (Å²) >= 11 is 3.35. The third kappa shape index (κ3) is 4.88. The molecule has 3 aromatic rings. The van der Waals surface area contributed by atoms with E-state index in [1.165, 1.54) is 21.3 Å². The molecule has 0 atom stereocenters. The summed E-state index contributed by atoms with van der Waals surface area (Å²) in [6.07, 6.45) is 1.61. The molecule has 0 radical (unpaired) electrons. The van der Waals surface area contributed by atoms with Crippen molar-refractivity contribution in [1.29, 1.82) is 0 Å². The van der Waals surface area contributed by atoms with Gasteiger partial charge in [-0.05, 0) is 55.0 Å². The van der Waals surface area contributed by atoms with Crippen LogP contribution in [0, 0.1) is 6.92 Å². The van der Waals surface area contributed by atoms with Gasteiger partial charge in [0, 0.05) is 15.6 Å². The number of allylic oxidation sites excluding steroid dienone is 1. The zero-order valence-corrected chi connectivity index (χ0v) is 21.2. The summed E-state index contributed by atoms with van der Waals surface area (Å²) in [6.45, 7) is 1.65. The minimum absolute atomic E-state index is 0.136. The molecule has 8 heteroatoms. The fourth-order valence-electron chi connectivity index (χ4n) is 3.72. The number of hydrogen-bond donors (Lipinski definition) is 0. The van der Waals surface area contributed by atoms with Crippen molar-refractivity contribution < 1.29 is 33.3 Å². The predicted molar refractivity (Wildman–Crippen MR) is 134 cm³/mol. The highest BCUT2D eigenvalue weighted by Crippen LogP contribution is 2.41. The third-order valence-corrected chi connectivity index (χ3v) is 6.08. The molecule has 1 heterocycles. The molecule has 35 heavy (non-hydrogen) atoms. The van der Waals surface area contributed by atoms with E-state index in [-0.39, 0.29) is 23.9 Å². The van der Waals surface area contributed by atoms with E-state index >= 15 is 0 Å². The Morgan fingerprint density at radius 2 is 1.60 bits per heavy atom. The van der Waals surface area contributed by atoms with E-state index < -0.39 is 0 Å². The second-order valence-corrected chi connectivity index (χ2v) is 8.60. The molecule has 1 aliphatic rings. The number of benzene rings is 3. The molecule has 0 amide bonds. The van der Waals surface area contributed by atoms with Crippen molar-refractivity contribution in [3.63, 3.8) is 0 Å². The van der Waals surface area contributed by atoms with Gasteiger partial charge in [0.15, 0.2) is 29.6 Å². The SMILES string of the molecule is COc1cc(/C=C2\Oc3c(ccc(OCC(=O)c4ccc(Br)cc4)c3C)C2=O)cc(OC)c1OC. The van der Waals surface area contributed by atoms with E-state index in [2.05, 4.69) is 15.9 Å². The molecule has 0 spiro atoms. The standard InChI is InChI=1S/C27H23BrO7/c1-15-21(34-14-20(29)17-5-7-18(28)8-6-17)10-9-19-25(30)22(35-26(15)19)11-16-12-23(31-2)27(33-4)24(13-16)32-3/h5-13H,14H2,1-4H3/b22-11-. The third-order valence-electron chi connectivity index (χ3n) is 5.55. The summed E-state index contributed by atoms with van der Waals surface area (Å²) in [5.74, 6) is 1.99. The van der Waals surface area contributed by atoms with Crippen LogP contribution in [-0.4, -0.2) is 39.5 Å². The topological polar surface area (TPSA) is 80.3 Å². The number of carbonyl (C=O) groups excluding carboxylic acids is 2. The summed E-state index contributed by atoms with van der Waals surface area (Å²) in [7, 11) is 4.56.